The molecule has 0 aliphatic rings. The van der Waals surface area contributed by atoms with Crippen molar-refractivity contribution < 1.29 is 8.60 Å². The molecule has 0 aromatic heterocycles. The number of nitrogens with two attached hydrogens (primary N) is 1. The Morgan fingerprint density at radius 1 is 1.32 bits per heavy atom. The Labute approximate surface area is 126 Å². The molecule has 2 aromatic carbocycles. The Balaban J connectivity index is 2.31. The van der Waals surface area contributed by atoms with Gasteiger partial charge in [0.2, 0.25) is 0 Å². The van der Waals surface area contributed by atoms with E-state index in [1.807, 2.05) is 0 Å². The van der Waals surface area contributed by atoms with Gasteiger partial charge in [-0.05, 0) is 29.8 Å². The van der Waals surface area contributed by atoms with Crippen LogP contribution in [-0.2, 0) is 16.6 Å². The summed E-state index contributed by atoms with van der Waals surface area (Å²) in [5.74, 6) is -0.393. The van der Waals surface area contributed by atoms with Crippen molar-refractivity contribution in [2.24, 2.45) is 0 Å². The van der Waals surface area contributed by atoms with Crippen LogP contribution in [0.1, 0.15) is 5.56 Å². The Hall–Kier alpha value is -0.910. The minimum Gasteiger partial charge on any atom is -0.398 e. The van der Waals surface area contributed by atoms with Gasteiger partial charge < -0.3 is 5.73 Å². The second-order valence-electron chi connectivity index (χ2n) is 3.88. The summed E-state index contributed by atoms with van der Waals surface area (Å²) in [6, 6.07) is 9.59. The van der Waals surface area contributed by atoms with E-state index in [0.29, 0.717) is 16.1 Å². The van der Waals surface area contributed by atoms with Gasteiger partial charge in [-0.15, -0.1) is 0 Å². The lowest BCUT2D eigenvalue weighted by Gasteiger charge is -2.08. The van der Waals surface area contributed by atoms with Crippen molar-refractivity contribution in [2.45, 2.75) is 10.6 Å². The van der Waals surface area contributed by atoms with Crippen molar-refractivity contribution in [1.82, 2.24) is 0 Å². The molecule has 19 heavy (non-hydrogen) atoms. The summed E-state index contributed by atoms with van der Waals surface area (Å²) in [5, 5.41) is 0.00409. The molecule has 1 unspecified atom stereocenters. The molecule has 0 radical (unpaired) electrons. The van der Waals surface area contributed by atoms with Gasteiger partial charge in [-0.3, -0.25) is 4.21 Å². The average Bonchev–Trinajstić information content (AvgIpc) is 2.38. The molecule has 1 atom stereocenters. The first-order valence-corrected chi connectivity index (χ1v) is 7.84. The number of nitrogen functional groups attached to an aromatic ring is 1. The highest BCUT2D eigenvalue weighted by atomic mass is 79.9. The minimum atomic E-state index is -1.38. The maximum absolute atomic E-state index is 13.3. The fourth-order valence-electron chi connectivity index (χ4n) is 1.58. The van der Waals surface area contributed by atoms with Crippen LogP contribution in [0.3, 0.4) is 0 Å². The molecule has 2 N–H and O–H groups in total. The molecule has 2 rings (SSSR count). The number of halogens is 3. The standard InChI is InChI=1S/C13H10BrClFNOS/c14-9-4-5-11(17)12(6-9)19(18)7-8-2-1-3-10(16)13(8)15/h1-6H,7,17H2. The van der Waals surface area contributed by atoms with E-state index in [0.717, 1.165) is 4.47 Å². The topological polar surface area (TPSA) is 43.1 Å². The minimum absolute atomic E-state index is 0.00409. The van der Waals surface area contributed by atoms with E-state index in [1.165, 1.54) is 12.1 Å². The molecule has 0 fully saturated rings. The van der Waals surface area contributed by atoms with Gasteiger partial charge in [-0.1, -0.05) is 39.7 Å². The van der Waals surface area contributed by atoms with Crippen molar-refractivity contribution in [3.8, 4) is 0 Å². The van der Waals surface area contributed by atoms with E-state index in [1.54, 1.807) is 24.3 Å². The van der Waals surface area contributed by atoms with Crippen LogP contribution in [0.15, 0.2) is 45.8 Å². The molecule has 0 aliphatic heterocycles. The van der Waals surface area contributed by atoms with Crippen LogP contribution in [-0.4, -0.2) is 4.21 Å². The molecule has 0 amide bonds. The lowest BCUT2D eigenvalue weighted by atomic mass is 10.2. The van der Waals surface area contributed by atoms with Crippen molar-refractivity contribution in [3.63, 3.8) is 0 Å². The molecule has 0 aliphatic carbocycles. The summed E-state index contributed by atoms with van der Waals surface area (Å²) in [6.45, 7) is 0. The van der Waals surface area contributed by atoms with E-state index >= 15 is 0 Å². The summed E-state index contributed by atoms with van der Waals surface area (Å²) in [4.78, 5) is 0.509. The lowest BCUT2D eigenvalue weighted by molar-refractivity contribution is 0.626. The summed E-state index contributed by atoms with van der Waals surface area (Å²) in [7, 11) is -1.38. The maximum atomic E-state index is 13.3. The lowest BCUT2D eigenvalue weighted by Crippen LogP contribution is -2.02. The monoisotopic (exact) mass is 361 g/mol. The van der Waals surface area contributed by atoms with Crippen LogP contribution in [0.2, 0.25) is 5.02 Å². The van der Waals surface area contributed by atoms with Gasteiger partial charge in [-0.25, -0.2) is 4.39 Å². The number of anilines is 1. The molecule has 6 heteroatoms. The summed E-state index contributed by atoms with van der Waals surface area (Å²) < 4.78 is 26.4. The van der Waals surface area contributed by atoms with Crippen LogP contribution in [0.4, 0.5) is 10.1 Å². The summed E-state index contributed by atoms with van der Waals surface area (Å²) in [5.41, 5.74) is 6.73. The Morgan fingerprint density at radius 2 is 2.05 bits per heavy atom. The van der Waals surface area contributed by atoms with Crippen LogP contribution in [0.25, 0.3) is 0 Å². The second-order valence-corrected chi connectivity index (χ2v) is 6.60. The fraction of sp³-hybridized carbons (Fsp3) is 0.0769. The zero-order valence-electron chi connectivity index (χ0n) is 9.70. The molecule has 0 heterocycles. The van der Waals surface area contributed by atoms with Crippen molar-refractivity contribution in [1.29, 1.82) is 0 Å². The molecular formula is C13H10BrClFNOS. The molecule has 2 nitrogen and oxygen atoms in total. The SMILES string of the molecule is Nc1ccc(Br)cc1S(=O)Cc1cccc(F)c1Cl. The average molecular weight is 363 g/mol. The molecule has 0 saturated carbocycles. The first-order chi connectivity index (χ1) is 8.99. The largest absolute Gasteiger partial charge is 0.398 e. The number of benzene rings is 2. The first-order valence-electron chi connectivity index (χ1n) is 5.35. The third-order valence-corrected chi connectivity index (χ3v) is 4.87. The first kappa shape index (κ1) is 14.5. The van der Waals surface area contributed by atoms with Crippen molar-refractivity contribution in [2.75, 3.05) is 5.73 Å². The molecule has 0 spiro atoms. The predicted molar refractivity (Wildman–Crippen MR) is 80.1 cm³/mol. The maximum Gasteiger partial charge on any atom is 0.142 e. The van der Waals surface area contributed by atoms with Gasteiger partial charge >= 0.3 is 0 Å². The Morgan fingerprint density at radius 3 is 2.79 bits per heavy atom. The summed E-state index contributed by atoms with van der Waals surface area (Å²) in [6.07, 6.45) is 0. The van der Waals surface area contributed by atoms with Crippen LogP contribution in [0.5, 0.6) is 0 Å². The second kappa shape index (κ2) is 6.03. The van der Waals surface area contributed by atoms with E-state index in [9.17, 15) is 8.60 Å². The quantitative estimate of drug-likeness (QED) is 0.834. The van der Waals surface area contributed by atoms with Gasteiger partial charge in [0.15, 0.2) is 0 Å². The van der Waals surface area contributed by atoms with Gasteiger partial charge in [0.05, 0.1) is 26.5 Å². The molecule has 0 bridgehead atoms. The van der Waals surface area contributed by atoms with Crippen LogP contribution >= 0.6 is 27.5 Å². The smallest absolute Gasteiger partial charge is 0.142 e. The normalized spacial score (nSPS) is 12.4. The molecular weight excluding hydrogens is 353 g/mol. The zero-order valence-corrected chi connectivity index (χ0v) is 12.9. The molecule has 2 aromatic rings. The third kappa shape index (κ3) is 3.35. The molecule has 100 valence electrons. The molecule has 0 saturated heterocycles. The Kier molecular flexibility index (Phi) is 4.60. The fourth-order valence-corrected chi connectivity index (χ4v) is 3.64. The number of hydrogen-bond acceptors (Lipinski definition) is 2. The van der Waals surface area contributed by atoms with Gasteiger partial charge in [-0.2, -0.15) is 0 Å². The van der Waals surface area contributed by atoms with Crippen molar-refractivity contribution in [3.05, 3.63) is 57.3 Å². The highest BCUT2D eigenvalue weighted by Crippen LogP contribution is 2.26. The third-order valence-electron chi connectivity index (χ3n) is 2.54. The zero-order chi connectivity index (χ0) is 14.0. The van der Waals surface area contributed by atoms with Gasteiger partial charge in [0.1, 0.15) is 5.82 Å². The summed E-state index contributed by atoms with van der Waals surface area (Å²) >= 11 is 9.15. The number of rotatable bonds is 3. The van der Waals surface area contributed by atoms with E-state index in [4.69, 9.17) is 17.3 Å². The highest BCUT2D eigenvalue weighted by Gasteiger charge is 2.13. The van der Waals surface area contributed by atoms with Gasteiger partial charge in [0, 0.05) is 10.2 Å². The highest BCUT2D eigenvalue weighted by molar-refractivity contribution is 9.10. The predicted octanol–water partition coefficient (Wildman–Crippen LogP) is 4.13. The van der Waals surface area contributed by atoms with E-state index in [2.05, 4.69) is 15.9 Å². The number of hydrogen-bond donors (Lipinski definition) is 1. The van der Waals surface area contributed by atoms with Gasteiger partial charge in [0.25, 0.3) is 0 Å². The van der Waals surface area contributed by atoms with Crippen molar-refractivity contribution >= 4 is 44.0 Å². The van der Waals surface area contributed by atoms with E-state index < -0.39 is 16.6 Å². The Bertz CT molecular complexity index is 651. The van der Waals surface area contributed by atoms with Crippen LogP contribution < -0.4 is 5.73 Å². The van der Waals surface area contributed by atoms with Crippen LogP contribution in [0, 0.1) is 5.82 Å². The van der Waals surface area contributed by atoms with E-state index in [-0.39, 0.29) is 10.8 Å².